The van der Waals surface area contributed by atoms with Gasteiger partial charge < -0.3 is 9.42 Å². The van der Waals surface area contributed by atoms with E-state index >= 15 is 0 Å². The number of aryl methyl sites for hydroxylation is 2. The minimum atomic E-state index is -0.171. The van der Waals surface area contributed by atoms with Crippen LogP contribution in [0.1, 0.15) is 41.5 Å². The summed E-state index contributed by atoms with van der Waals surface area (Å²) < 4.78 is 6.53. The number of benzene rings is 2. The number of halogens is 1. The minimum Gasteiger partial charge on any atom is -0.337 e. The number of hydrogen-bond donors (Lipinski definition) is 0. The first-order valence-corrected chi connectivity index (χ1v) is 9.76. The van der Waals surface area contributed by atoms with Crippen molar-refractivity contribution in [2.75, 3.05) is 0 Å². The summed E-state index contributed by atoms with van der Waals surface area (Å²) in [6.45, 7) is 4.71. The Morgan fingerprint density at radius 3 is 2.70 bits per heavy atom. The molecule has 6 heteroatoms. The second-order valence-electron chi connectivity index (χ2n) is 6.97. The van der Waals surface area contributed by atoms with Crippen molar-refractivity contribution < 1.29 is 9.32 Å². The fourth-order valence-electron chi connectivity index (χ4n) is 3.48. The molecular weight excluding hydrogens is 406 g/mol. The largest absolute Gasteiger partial charge is 0.337 e. The molecule has 3 aromatic rings. The van der Waals surface area contributed by atoms with Crippen LogP contribution in [0.5, 0.6) is 0 Å². The maximum Gasteiger partial charge on any atom is 0.249 e. The Hall–Kier alpha value is -2.47. The van der Waals surface area contributed by atoms with Crippen molar-refractivity contribution in [2.24, 2.45) is 0 Å². The van der Waals surface area contributed by atoms with Gasteiger partial charge in [0, 0.05) is 23.0 Å². The van der Waals surface area contributed by atoms with Gasteiger partial charge in [0.2, 0.25) is 17.6 Å². The Balaban J connectivity index is 1.59. The van der Waals surface area contributed by atoms with Gasteiger partial charge in [-0.25, -0.2) is 0 Å². The molecule has 1 amide bonds. The summed E-state index contributed by atoms with van der Waals surface area (Å²) in [4.78, 5) is 18.9. The second-order valence-corrected chi connectivity index (χ2v) is 7.88. The van der Waals surface area contributed by atoms with E-state index in [4.69, 9.17) is 4.52 Å². The molecule has 1 unspecified atom stereocenters. The highest BCUT2D eigenvalue weighted by molar-refractivity contribution is 9.10. The molecule has 0 spiro atoms. The maximum absolute atomic E-state index is 12.5. The van der Waals surface area contributed by atoms with Gasteiger partial charge in [-0.05, 0) is 55.7 Å². The normalized spacial score (nSPS) is 16.9. The van der Waals surface area contributed by atoms with E-state index in [1.807, 2.05) is 29.2 Å². The maximum atomic E-state index is 12.5. The van der Waals surface area contributed by atoms with Crippen LogP contribution in [0.2, 0.25) is 0 Å². The Morgan fingerprint density at radius 2 is 1.96 bits per heavy atom. The Bertz CT molecular complexity index is 981. The summed E-state index contributed by atoms with van der Waals surface area (Å²) in [5.41, 5.74) is 4.44. The zero-order valence-corrected chi connectivity index (χ0v) is 16.9. The van der Waals surface area contributed by atoms with Crippen molar-refractivity contribution >= 4 is 21.8 Å². The topological polar surface area (TPSA) is 59.2 Å². The fraction of sp³-hybridized carbons (Fsp3) is 0.286. The van der Waals surface area contributed by atoms with Gasteiger partial charge in [0.05, 0.1) is 0 Å². The fourth-order valence-corrected chi connectivity index (χ4v) is 3.75. The molecule has 138 valence electrons. The van der Waals surface area contributed by atoms with Crippen LogP contribution in [0.3, 0.4) is 0 Å². The number of rotatable bonds is 4. The summed E-state index contributed by atoms with van der Waals surface area (Å²) in [6.07, 6.45) is 1.21. The van der Waals surface area contributed by atoms with E-state index in [1.54, 1.807) is 0 Å². The van der Waals surface area contributed by atoms with Crippen molar-refractivity contribution in [3.8, 4) is 11.4 Å². The van der Waals surface area contributed by atoms with Crippen LogP contribution in [0.4, 0.5) is 0 Å². The first kappa shape index (κ1) is 17.9. The molecule has 2 aromatic carbocycles. The summed E-state index contributed by atoms with van der Waals surface area (Å²) in [5.74, 6) is 1.18. The molecule has 5 nitrogen and oxygen atoms in total. The van der Waals surface area contributed by atoms with Gasteiger partial charge in [-0.2, -0.15) is 4.98 Å². The lowest BCUT2D eigenvalue weighted by molar-refractivity contribution is -0.130. The smallest absolute Gasteiger partial charge is 0.249 e. The van der Waals surface area contributed by atoms with E-state index < -0.39 is 0 Å². The molecule has 1 aromatic heterocycles. The molecule has 0 aliphatic carbocycles. The van der Waals surface area contributed by atoms with E-state index in [9.17, 15) is 4.79 Å². The van der Waals surface area contributed by atoms with Gasteiger partial charge in [-0.3, -0.25) is 4.79 Å². The number of likely N-dealkylation sites (tertiary alicyclic amines) is 1. The summed E-state index contributed by atoms with van der Waals surface area (Å²) in [7, 11) is 0. The highest BCUT2D eigenvalue weighted by Gasteiger charge is 2.36. The third-order valence-electron chi connectivity index (χ3n) is 5.00. The average Bonchev–Trinajstić information content (AvgIpc) is 3.25. The van der Waals surface area contributed by atoms with Crippen LogP contribution in [-0.4, -0.2) is 20.9 Å². The van der Waals surface area contributed by atoms with Crippen LogP contribution < -0.4 is 0 Å². The van der Waals surface area contributed by atoms with Crippen molar-refractivity contribution in [1.29, 1.82) is 0 Å². The third kappa shape index (κ3) is 3.67. The Labute approximate surface area is 166 Å². The van der Waals surface area contributed by atoms with Gasteiger partial charge in [-0.15, -0.1) is 0 Å². The molecule has 1 fully saturated rings. The molecule has 0 saturated carbocycles. The molecule has 27 heavy (non-hydrogen) atoms. The molecule has 4 rings (SSSR count). The number of carbonyl (C=O) groups excluding carboxylic acids is 1. The standard InChI is InChI=1S/C21H20BrN3O2/c1-13-3-4-16(14(2)11-13)12-25-18(9-10-19(25)26)21-23-20(24-27-21)15-5-7-17(22)8-6-15/h3-8,11,18H,9-10,12H2,1-2H3. The van der Waals surface area contributed by atoms with Crippen LogP contribution in [0.25, 0.3) is 11.4 Å². The molecule has 0 radical (unpaired) electrons. The van der Waals surface area contributed by atoms with Gasteiger partial charge >= 0.3 is 0 Å². The average molecular weight is 426 g/mol. The van der Waals surface area contributed by atoms with Crippen molar-refractivity contribution in [2.45, 2.75) is 39.3 Å². The number of carbonyl (C=O) groups is 1. The summed E-state index contributed by atoms with van der Waals surface area (Å²) in [5, 5.41) is 4.12. The highest BCUT2D eigenvalue weighted by Crippen LogP contribution is 2.34. The second kappa shape index (κ2) is 7.27. The SMILES string of the molecule is Cc1ccc(CN2C(=O)CCC2c2nc(-c3ccc(Br)cc3)no2)c(C)c1. The lowest BCUT2D eigenvalue weighted by Gasteiger charge is -2.23. The monoisotopic (exact) mass is 425 g/mol. The third-order valence-corrected chi connectivity index (χ3v) is 5.52. The van der Waals surface area contributed by atoms with E-state index in [0.29, 0.717) is 31.1 Å². The lowest BCUT2D eigenvalue weighted by atomic mass is 10.0. The van der Waals surface area contributed by atoms with Gasteiger partial charge in [-0.1, -0.05) is 44.8 Å². The van der Waals surface area contributed by atoms with E-state index in [2.05, 4.69) is 58.1 Å². The zero-order valence-electron chi connectivity index (χ0n) is 15.3. The molecule has 0 bridgehead atoms. The molecule has 1 atom stereocenters. The van der Waals surface area contributed by atoms with Crippen molar-refractivity contribution in [1.82, 2.24) is 15.0 Å². The zero-order chi connectivity index (χ0) is 19.0. The number of hydrogen-bond acceptors (Lipinski definition) is 4. The van der Waals surface area contributed by atoms with Crippen LogP contribution in [0, 0.1) is 13.8 Å². The van der Waals surface area contributed by atoms with Crippen LogP contribution in [-0.2, 0) is 11.3 Å². The molecular formula is C21H20BrN3O2. The van der Waals surface area contributed by atoms with Crippen LogP contribution >= 0.6 is 15.9 Å². The minimum absolute atomic E-state index is 0.128. The molecule has 1 saturated heterocycles. The van der Waals surface area contributed by atoms with E-state index in [1.165, 1.54) is 11.1 Å². The van der Waals surface area contributed by atoms with Crippen molar-refractivity contribution in [3.05, 3.63) is 69.5 Å². The lowest BCUT2D eigenvalue weighted by Crippen LogP contribution is -2.27. The molecule has 2 heterocycles. The predicted octanol–water partition coefficient (Wildman–Crippen LogP) is 4.98. The first-order chi connectivity index (χ1) is 13.0. The first-order valence-electron chi connectivity index (χ1n) is 8.96. The molecule has 1 aliphatic heterocycles. The van der Waals surface area contributed by atoms with E-state index in [0.717, 1.165) is 15.6 Å². The molecule has 0 N–H and O–H groups in total. The highest BCUT2D eigenvalue weighted by atomic mass is 79.9. The Kier molecular flexibility index (Phi) is 4.83. The summed E-state index contributed by atoms with van der Waals surface area (Å²) in [6, 6.07) is 13.9. The Morgan fingerprint density at radius 1 is 1.19 bits per heavy atom. The van der Waals surface area contributed by atoms with Gasteiger partial charge in [0.15, 0.2) is 0 Å². The predicted molar refractivity (Wildman–Crippen MR) is 106 cm³/mol. The summed E-state index contributed by atoms with van der Waals surface area (Å²) >= 11 is 3.42. The number of amides is 1. The van der Waals surface area contributed by atoms with Gasteiger partial charge in [0.1, 0.15) is 6.04 Å². The molecule has 1 aliphatic rings. The number of nitrogens with zero attached hydrogens (tertiary/aromatic N) is 3. The van der Waals surface area contributed by atoms with Crippen molar-refractivity contribution in [3.63, 3.8) is 0 Å². The van der Waals surface area contributed by atoms with Crippen LogP contribution in [0.15, 0.2) is 51.5 Å². The van der Waals surface area contributed by atoms with Gasteiger partial charge in [0.25, 0.3) is 0 Å². The van der Waals surface area contributed by atoms with E-state index in [-0.39, 0.29) is 11.9 Å². The quantitative estimate of drug-likeness (QED) is 0.591. The number of aromatic nitrogens is 2.